The Balaban J connectivity index is 1.65. The van der Waals surface area contributed by atoms with Crippen molar-refractivity contribution in [2.75, 3.05) is 13.1 Å². The number of likely N-dealkylation sites (tertiary alicyclic amines) is 1. The summed E-state index contributed by atoms with van der Waals surface area (Å²) in [5.41, 5.74) is 1.81. The molecule has 3 rings (SSSR count). The molecule has 0 N–H and O–H groups in total. The SMILES string of the molecule is CC(C)OCc1ccc(C(=O)N2CCC[C@@H](c3nncn3C)C2)cc1. The summed E-state index contributed by atoms with van der Waals surface area (Å²) in [4.78, 5) is 14.8. The fourth-order valence-electron chi connectivity index (χ4n) is 3.22. The van der Waals surface area contributed by atoms with Gasteiger partial charge in [-0.05, 0) is 44.4 Å². The molecule has 0 aliphatic carbocycles. The zero-order valence-corrected chi connectivity index (χ0v) is 15.2. The molecule has 1 fully saturated rings. The van der Waals surface area contributed by atoms with Gasteiger partial charge in [0, 0.05) is 31.6 Å². The second-order valence-electron chi connectivity index (χ2n) is 6.95. The van der Waals surface area contributed by atoms with Crippen LogP contribution in [0.4, 0.5) is 0 Å². The standard InChI is InChI=1S/C19H26N4O2/c1-14(2)25-12-15-6-8-16(9-7-15)19(24)23-10-4-5-17(11-23)18-21-20-13-22(18)3/h6-9,13-14,17H,4-5,10-12H2,1-3H3/t17-/m1/s1. The minimum absolute atomic E-state index is 0.0863. The van der Waals surface area contributed by atoms with E-state index in [2.05, 4.69) is 10.2 Å². The van der Waals surface area contributed by atoms with Gasteiger partial charge in [0.15, 0.2) is 0 Å². The Morgan fingerprint density at radius 1 is 1.32 bits per heavy atom. The highest BCUT2D eigenvalue weighted by molar-refractivity contribution is 5.94. The summed E-state index contributed by atoms with van der Waals surface area (Å²) < 4.78 is 7.55. The van der Waals surface area contributed by atoms with E-state index in [1.54, 1.807) is 6.33 Å². The number of hydrogen-bond donors (Lipinski definition) is 0. The Morgan fingerprint density at radius 2 is 2.08 bits per heavy atom. The van der Waals surface area contributed by atoms with Gasteiger partial charge in [-0.15, -0.1) is 10.2 Å². The van der Waals surface area contributed by atoms with E-state index in [0.29, 0.717) is 13.2 Å². The molecule has 6 nitrogen and oxygen atoms in total. The summed E-state index contributed by atoms with van der Waals surface area (Å²) in [5.74, 6) is 1.30. The monoisotopic (exact) mass is 342 g/mol. The maximum absolute atomic E-state index is 12.8. The van der Waals surface area contributed by atoms with Gasteiger partial charge in [0.25, 0.3) is 5.91 Å². The average Bonchev–Trinajstić information content (AvgIpc) is 3.06. The van der Waals surface area contributed by atoms with Crippen LogP contribution in [0.3, 0.4) is 0 Å². The lowest BCUT2D eigenvalue weighted by Crippen LogP contribution is -2.39. The largest absolute Gasteiger partial charge is 0.374 e. The summed E-state index contributed by atoms with van der Waals surface area (Å²) >= 11 is 0. The topological polar surface area (TPSA) is 60.2 Å². The number of carbonyl (C=O) groups is 1. The van der Waals surface area contributed by atoms with Crippen LogP contribution in [0, 0.1) is 0 Å². The molecule has 1 aliphatic heterocycles. The maximum atomic E-state index is 12.8. The molecule has 1 saturated heterocycles. The van der Waals surface area contributed by atoms with Crippen molar-refractivity contribution >= 4 is 5.91 Å². The lowest BCUT2D eigenvalue weighted by molar-refractivity contribution is 0.0654. The molecule has 2 heterocycles. The first-order valence-electron chi connectivity index (χ1n) is 8.88. The third kappa shape index (κ3) is 4.25. The van der Waals surface area contributed by atoms with E-state index >= 15 is 0 Å². The van der Waals surface area contributed by atoms with Gasteiger partial charge in [0.05, 0.1) is 12.7 Å². The molecule has 134 valence electrons. The lowest BCUT2D eigenvalue weighted by Gasteiger charge is -2.32. The Morgan fingerprint density at radius 3 is 2.72 bits per heavy atom. The number of aryl methyl sites for hydroxylation is 1. The Hall–Kier alpha value is -2.21. The molecule has 25 heavy (non-hydrogen) atoms. The molecule has 0 radical (unpaired) electrons. The van der Waals surface area contributed by atoms with Crippen LogP contribution in [0.15, 0.2) is 30.6 Å². The molecule has 0 unspecified atom stereocenters. The van der Waals surface area contributed by atoms with Crippen molar-refractivity contribution in [1.82, 2.24) is 19.7 Å². The third-order valence-corrected chi connectivity index (χ3v) is 4.60. The molecule has 1 amide bonds. The van der Waals surface area contributed by atoms with Crippen LogP contribution in [0.25, 0.3) is 0 Å². The van der Waals surface area contributed by atoms with Crippen LogP contribution in [-0.4, -0.2) is 44.8 Å². The van der Waals surface area contributed by atoms with Crippen molar-refractivity contribution in [2.45, 2.75) is 45.3 Å². The lowest BCUT2D eigenvalue weighted by atomic mass is 9.96. The highest BCUT2D eigenvalue weighted by Crippen LogP contribution is 2.26. The van der Waals surface area contributed by atoms with Gasteiger partial charge in [-0.25, -0.2) is 0 Å². The summed E-state index contributed by atoms with van der Waals surface area (Å²) in [6.45, 7) is 6.10. The predicted octanol–water partition coefficient (Wildman–Crippen LogP) is 2.76. The molecule has 1 aliphatic rings. The van der Waals surface area contributed by atoms with Crippen LogP contribution in [-0.2, 0) is 18.4 Å². The Kier molecular flexibility index (Phi) is 5.48. The minimum Gasteiger partial charge on any atom is -0.374 e. The van der Waals surface area contributed by atoms with Gasteiger partial charge in [0.2, 0.25) is 0 Å². The van der Waals surface area contributed by atoms with Crippen LogP contribution in [0.2, 0.25) is 0 Å². The quantitative estimate of drug-likeness (QED) is 0.838. The fraction of sp³-hybridized carbons (Fsp3) is 0.526. The highest BCUT2D eigenvalue weighted by atomic mass is 16.5. The number of amides is 1. The van der Waals surface area contributed by atoms with Crippen LogP contribution >= 0.6 is 0 Å². The predicted molar refractivity (Wildman–Crippen MR) is 95.2 cm³/mol. The second-order valence-corrected chi connectivity index (χ2v) is 6.95. The van der Waals surface area contributed by atoms with Gasteiger partial charge in [0.1, 0.15) is 12.2 Å². The molecule has 0 bridgehead atoms. The first-order valence-corrected chi connectivity index (χ1v) is 8.88. The third-order valence-electron chi connectivity index (χ3n) is 4.60. The van der Waals surface area contributed by atoms with E-state index in [0.717, 1.165) is 36.3 Å². The van der Waals surface area contributed by atoms with Crippen LogP contribution < -0.4 is 0 Å². The molecular formula is C19H26N4O2. The van der Waals surface area contributed by atoms with E-state index in [4.69, 9.17) is 4.74 Å². The van der Waals surface area contributed by atoms with E-state index in [9.17, 15) is 4.79 Å². The van der Waals surface area contributed by atoms with E-state index in [1.807, 2.05) is 54.6 Å². The van der Waals surface area contributed by atoms with Gasteiger partial charge >= 0.3 is 0 Å². The molecule has 1 aromatic heterocycles. The molecule has 0 saturated carbocycles. The summed E-state index contributed by atoms with van der Waals surface area (Å²) in [5, 5.41) is 8.18. The number of benzene rings is 1. The smallest absolute Gasteiger partial charge is 0.253 e. The summed E-state index contributed by atoms with van der Waals surface area (Å²) in [7, 11) is 1.95. The van der Waals surface area contributed by atoms with Crippen molar-refractivity contribution in [2.24, 2.45) is 7.05 Å². The summed E-state index contributed by atoms with van der Waals surface area (Å²) in [6, 6.07) is 7.74. The number of rotatable bonds is 5. The number of piperidine rings is 1. The maximum Gasteiger partial charge on any atom is 0.253 e. The second kappa shape index (κ2) is 7.78. The zero-order valence-electron chi connectivity index (χ0n) is 15.2. The number of aromatic nitrogens is 3. The van der Waals surface area contributed by atoms with Crippen molar-refractivity contribution in [3.63, 3.8) is 0 Å². The normalized spacial score (nSPS) is 17.9. The summed E-state index contributed by atoms with van der Waals surface area (Å²) in [6.07, 6.45) is 3.95. The molecule has 1 aromatic carbocycles. The Labute approximate surface area is 148 Å². The first kappa shape index (κ1) is 17.6. The molecule has 0 spiro atoms. The van der Waals surface area contributed by atoms with Gasteiger partial charge in [-0.1, -0.05) is 12.1 Å². The first-order chi connectivity index (χ1) is 12.0. The van der Waals surface area contributed by atoms with E-state index in [1.165, 1.54) is 0 Å². The van der Waals surface area contributed by atoms with Gasteiger partial charge in [-0.2, -0.15) is 0 Å². The number of carbonyl (C=O) groups excluding carboxylic acids is 1. The zero-order chi connectivity index (χ0) is 17.8. The molecule has 2 aromatic rings. The minimum atomic E-state index is 0.0863. The number of ether oxygens (including phenoxy) is 1. The molecular weight excluding hydrogens is 316 g/mol. The van der Waals surface area contributed by atoms with E-state index in [-0.39, 0.29) is 17.9 Å². The number of nitrogens with zero attached hydrogens (tertiary/aromatic N) is 4. The average molecular weight is 342 g/mol. The van der Waals surface area contributed by atoms with Crippen molar-refractivity contribution < 1.29 is 9.53 Å². The van der Waals surface area contributed by atoms with Gasteiger partial charge < -0.3 is 14.2 Å². The highest BCUT2D eigenvalue weighted by Gasteiger charge is 2.27. The molecule has 1 atom stereocenters. The van der Waals surface area contributed by atoms with Crippen molar-refractivity contribution in [3.05, 3.63) is 47.5 Å². The van der Waals surface area contributed by atoms with Crippen LogP contribution in [0.5, 0.6) is 0 Å². The fourth-order valence-corrected chi connectivity index (χ4v) is 3.22. The van der Waals surface area contributed by atoms with Gasteiger partial charge in [-0.3, -0.25) is 4.79 Å². The number of hydrogen-bond acceptors (Lipinski definition) is 4. The van der Waals surface area contributed by atoms with Crippen LogP contribution in [0.1, 0.15) is 54.4 Å². The molecule has 6 heteroatoms. The van der Waals surface area contributed by atoms with E-state index < -0.39 is 0 Å². The van der Waals surface area contributed by atoms with Crippen molar-refractivity contribution in [1.29, 1.82) is 0 Å². The van der Waals surface area contributed by atoms with Crippen molar-refractivity contribution in [3.8, 4) is 0 Å². The Bertz CT molecular complexity index is 708.